The van der Waals surface area contributed by atoms with E-state index in [1.807, 2.05) is 0 Å². The van der Waals surface area contributed by atoms with Crippen LogP contribution in [-0.4, -0.2) is 36.5 Å². The molecule has 0 spiro atoms. The van der Waals surface area contributed by atoms with Crippen molar-refractivity contribution in [2.24, 2.45) is 0 Å². The van der Waals surface area contributed by atoms with Crippen LogP contribution in [-0.2, 0) is 5.97 Å². The average Bonchev–Trinajstić information content (AvgIpc) is 2.93. The van der Waals surface area contributed by atoms with Crippen LogP contribution < -0.4 is 4.74 Å². The van der Waals surface area contributed by atoms with Crippen molar-refractivity contribution in [3.63, 3.8) is 0 Å². The summed E-state index contributed by atoms with van der Waals surface area (Å²) in [5, 5.41) is 32.2. The lowest BCUT2D eigenvalue weighted by molar-refractivity contribution is -0.323. The summed E-state index contributed by atoms with van der Waals surface area (Å²) in [5.74, 6) is -3.14. The van der Waals surface area contributed by atoms with Crippen LogP contribution in [0.1, 0.15) is 37.7 Å². The number of nitrogens with zero attached hydrogens (tertiary/aromatic N) is 3. The van der Waals surface area contributed by atoms with Crippen molar-refractivity contribution in [1.29, 1.82) is 0 Å². The Balaban J connectivity index is 1.96. The fourth-order valence-electron chi connectivity index (χ4n) is 2.56. The zero-order valence-corrected chi connectivity index (χ0v) is 12.9. The first kappa shape index (κ1) is 16.1. The summed E-state index contributed by atoms with van der Waals surface area (Å²) < 4.78 is 10.5. The van der Waals surface area contributed by atoms with E-state index in [-0.39, 0.29) is 34.1 Å². The van der Waals surface area contributed by atoms with Crippen molar-refractivity contribution in [1.82, 2.24) is 15.1 Å². The fourth-order valence-corrected chi connectivity index (χ4v) is 2.73. The van der Waals surface area contributed by atoms with Crippen LogP contribution in [0.3, 0.4) is 0 Å². The van der Waals surface area contributed by atoms with Gasteiger partial charge in [0.15, 0.2) is 5.69 Å². The SMILES string of the molecule is OC(O)(O)c1cnc(OC2CCCCC2)nc1-c1nocc1Cl. The standard InChI is InChI=1S/C14H16ClN3O5/c15-10-7-22-18-12(10)11-9(14(19,20)21)6-16-13(17-11)23-8-4-2-1-3-5-8/h6-8,19-21H,1-5H2. The second-order valence-corrected chi connectivity index (χ2v) is 5.85. The highest BCUT2D eigenvalue weighted by molar-refractivity contribution is 6.32. The predicted octanol–water partition coefficient (Wildman–Crippen LogP) is 1.58. The molecule has 0 saturated heterocycles. The Morgan fingerprint density at radius 1 is 1.17 bits per heavy atom. The van der Waals surface area contributed by atoms with Crippen molar-refractivity contribution in [2.75, 3.05) is 0 Å². The van der Waals surface area contributed by atoms with Crippen molar-refractivity contribution < 1.29 is 24.6 Å². The molecule has 8 nitrogen and oxygen atoms in total. The molecule has 0 unspecified atom stereocenters. The van der Waals surface area contributed by atoms with E-state index in [4.69, 9.17) is 20.9 Å². The number of aliphatic hydroxyl groups is 3. The Bertz CT molecular complexity index is 679. The van der Waals surface area contributed by atoms with Gasteiger partial charge in [-0.3, -0.25) is 0 Å². The summed E-state index contributed by atoms with van der Waals surface area (Å²) in [5.41, 5.74) is -0.388. The summed E-state index contributed by atoms with van der Waals surface area (Å²) in [6.07, 6.45) is 7.41. The zero-order chi connectivity index (χ0) is 16.4. The Kier molecular flexibility index (Phi) is 4.49. The molecule has 0 aromatic carbocycles. The maximum Gasteiger partial charge on any atom is 0.317 e. The van der Waals surface area contributed by atoms with Gasteiger partial charge in [-0.15, -0.1) is 0 Å². The highest BCUT2D eigenvalue weighted by atomic mass is 35.5. The molecule has 0 radical (unpaired) electrons. The molecular weight excluding hydrogens is 326 g/mol. The fraction of sp³-hybridized carbons (Fsp3) is 0.500. The molecule has 0 amide bonds. The van der Waals surface area contributed by atoms with E-state index in [0.29, 0.717) is 0 Å². The number of rotatable bonds is 4. The van der Waals surface area contributed by atoms with Crippen LogP contribution in [0, 0.1) is 0 Å². The van der Waals surface area contributed by atoms with Crippen molar-refractivity contribution in [2.45, 2.75) is 44.2 Å². The smallest absolute Gasteiger partial charge is 0.317 e. The highest BCUT2D eigenvalue weighted by Gasteiger charge is 2.31. The summed E-state index contributed by atoms with van der Waals surface area (Å²) in [4.78, 5) is 8.04. The first-order chi connectivity index (χ1) is 10.9. The van der Waals surface area contributed by atoms with Crippen LogP contribution in [0.5, 0.6) is 6.01 Å². The molecule has 2 aromatic rings. The minimum atomic E-state index is -3.14. The van der Waals surface area contributed by atoms with Crippen LogP contribution in [0.2, 0.25) is 5.02 Å². The molecular formula is C14H16ClN3O5. The predicted molar refractivity (Wildman–Crippen MR) is 78.4 cm³/mol. The third kappa shape index (κ3) is 3.61. The quantitative estimate of drug-likeness (QED) is 0.716. The average molecular weight is 342 g/mol. The molecule has 0 aliphatic heterocycles. The van der Waals surface area contributed by atoms with E-state index in [9.17, 15) is 15.3 Å². The monoisotopic (exact) mass is 341 g/mol. The second kappa shape index (κ2) is 6.40. The Labute approximate surface area is 136 Å². The molecule has 9 heteroatoms. The van der Waals surface area contributed by atoms with Gasteiger partial charge >= 0.3 is 12.0 Å². The van der Waals surface area contributed by atoms with E-state index in [2.05, 4.69) is 15.1 Å². The van der Waals surface area contributed by atoms with E-state index < -0.39 is 5.97 Å². The van der Waals surface area contributed by atoms with Gasteiger partial charge < -0.3 is 24.6 Å². The molecule has 2 heterocycles. The molecule has 3 rings (SSSR count). The van der Waals surface area contributed by atoms with Crippen molar-refractivity contribution in [3.05, 3.63) is 23.0 Å². The molecule has 0 atom stereocenters. The Morgan fingerprint density at radius 3 is 2.52 bits per heavy atom. The van der Waals surface area contributed by atoms with Crippen LogP contribution in [0.15, 0.2) is 17.0 Å². The third-order valence-corrected chi connectivity index (χ3v) is 3.97. The summed E-state index contributed by atoms with van der Waals surface area (Å²) in [6.45, 7) is 0. The third-order valence-electron chi connectivity index (χ3n) is 3.70. The number of hydrogen-bond acceptors (Lipinski definition) is 8. The lowest BCUT2D eigenvalue weighted by Gasteiger charge is -2.22. The van der Waals surface area contributed by atoms with E-state index in [1.165, 1.54) is 6.42 Å². The molecule has 0 bridgehead atoms. The second-order valence-electron chi connectivity index (χ2n) is 5.44. The maximum atomic E-state index is 9.46. The van der Waals surface area contributed by atoms with Crippen LogP contribution in [0.4, 0.5) is 0 Å². The van der Waals surface area contributed by atoms with Gasteiger partial charge in [-0.2, -0.15) is 4.98 Å². The highest BCUT2D eigenvalue weighted by Crippen LogP contribution is 2.32. The number of ether oxygens (including phenoxy) is 1. The van der Waals surface area contributed by atoms with Crippen LogP contribution in [0.25, 0.3) is 11.4 Å². The minimum absolute atomic E-state index is 0.0115. The number of hydrogen-bond donors (Lipinski definition) is 3. The van der Waals surface area contributed by atoms with Gasteiger partial charge in [0.25, 0.3) is 0 Å². The first-order valence-corrected chi connectivity index (χ1v) is 7.64. The van der Waals surface area contributed by atoms with Gasteiger partial charge in [-0.25, -0.2) is 4.98 Å². The van der Waals surface area contributed by atoms with Crippen LogP contribution >= 0.6 is 11.6 Å². The normalized spacial score (nSPS) is 16.5. The molecule has 1 fully saturated rings. The maximum absolute atomic E-state index is 9.46. The molecule has 2 aromatic heterocycles. The molecule has 23 heavy (non-hydrogen) atoms. The largest absolute Gasteiger partial charge is 0.460 e. The van der Waals surface area contributed by atoms with E-state index >= 15 is 0 Å². The summed E-state index contributed by atoms with van der Waals surface area (Å²) >= 11 is 5.94. The van der Waals surface area contributed by atoms with Gasteiger partial charge in [0, 0.05) is 6.20 Å². The van der Waals surface area contributed by atoms with E-state index in [1.54, 1.807) is 0 Å². The van der Waals surface area contributed by atoms with Crippen molar-refractivity contribution >= 4 is 11.6 Å². The molecule has 3 N–H and O–H groups in total. The molecule has 1 saturated carbocycles. The number of aromatic nitrogens is 3. The summed E-state index contributed by atoms with van der Waals surface area (Å²) in [7, 11) is 0. The molecule has 1 aliphatic rings. The lowest BCUT2D eigenvalue weighted by atomic mass is 9.98. The Morgan fingerprint density at radius 2 is 1.91 bits per heavy atom. The summed E-state index contributed by atoms with van der Waals surface area (Å²) in [6, 6.07) is 0.0546. The van der Waals surface area contributed by atoms with Gasteiger partial charge in [0.1, 0.15) is 23.1 Å². The Hall–Kier alpha value is -1.74. The lowest BCUT2D eigenvalue weighted by Crippen LogP contribution is -2.26. The zero-order valence-electron chi connectivity index (χ0n) is 12.1. The minimum Gasteiger partial charge on any atom is -0.460 e. The van der Waals surface area contributed by atoms with Gasteiger partial charge in [-0.05, 0) is 25.7 Å². The number of halogens is 1. The molecule has 1 aliphatic carbocycles. The van der Waals surface area contributed by atoms with Gasteiger partial charge in [0.05, 0.1) is 5.56 Å². The first-order valence-electron chi connectivity index (χ1n) is 7.26. The van der Waals surface area contributed by atoms with Gasteiger partial charge in [-0.1, -0.05) is 23.2 Å². The van der Waals surface area contributed by atoms with Gasteiger partial charge in [0.2, 0.25) is 0 Å². The topological polar surface area (TPSA) is 122 Å². The van der Waals surface area contributed by atoms with Crippen molar-refractivity contribution in [3.8, 4) is 17.4 Å². The molecule has 124 valence electrons. The van der Waals surface area contributed by atoms with E-state index in [0.717, 1.165) is 38.1 Å².